The summed E-state index contributed by atoms with van der Waals surface area (Å²) in [6.45, 7) is 2.22. The smallest absolute Gasteiger partial charge is 0.358 e. The lowest BCUT2D eigenvalue weighted by molar-refractivity contribution is 0.0689. The highest BCUT2D eigenvalue weighted by Gasteiger charge is 2.33. The number of rotatable bonds is 5. The van der Waals surface area contributed by atoms with E-state index in [0.717, 1.165) is 12.8 Å². The van der Waals surface area contributed by atoms with E-state index in [4.69, 9.17) is 5.11 Å². The van der Waals surface area contributed by atoms with Crippen LogP contribution < -0.4 is 0 Å². The molecule has 0 spiro atoms. The zero-order chi connectivity index (χ0) is 11.7. The Balaban J connectivity index is 2.20. The highest BCUT2D eigenvalue weighted by molar-refractivity contribution is 5.86. The molecule has 1 aromatic heterocycles. The van der Waals surface area contributed by atoms with Crippen molar-refractivity contribution in [3.8, 4) is 0 Å². The second kappa shape index (κ2) is 4.21. The minimum absolute atomic E-state index is 0.0630. The Hall–Kier alpha value is -1.43. The van der Waals surface area contributed by atoms with Crippen LogP contribution in [0.15, 0.2) is 0 Å². The van der Waals surface area contributed by atoms with Crippen molar-refractivity contribution < 1.29 is 15.0 Å². The molecule has 1 saturated carbocycles. The van der Waals surface area contributed by atoms with Crippen LogP contribution in [0.3, 0.4) is 0 Å². The predicted molar refractivity (Wildman–Crippen MR) is 55.3 cm³/mol. The van der Waals surface area contributed by atoms with Crippen LogP contribution in [0, 0.1) is 0 Å². The molecule has 0 amide bonds. The second-order valence-electron chi connectivity index (χ2n) is 4.26. The molecule has 16 heavy (non-hydrogen) atoms. The van der Waals surface area contributed by atoms with Crippen LogP contribution >= 0.6 is 0 Å². The van der Waals surface area contributed by atoms with Crippen LogP contribution in [0.25, 0.3) is 0 Å². The van der Waals surface area contributed by atoms with Gasteiger partial charge in [0.1, 0.15) is 0 Å². The molecule has 1 aliphatic carbocycles. The van der Waals surface area contributed by atoms with Crippen molar-refractivity contribution in [1.29, 1.82) is 0 Å². The van der Waals surface area contributed by atoms with Gasteiger partial charge in [0.15, 0.2) is 5.69 Å². The van der Waals surface area contributed by atoms with Gasteiger partial charge in [-0.1, -0.05) is 5.21 Å². The van der Waals surface area contributed by atoms with Gasteiger partial charge in [-0.15, -0.1) is 5.10 Å². The molecule has 6 heteroatoms. The van der Waals surface area contributed by atoms with Crippen molar-refractivity contribution in [3.05, 3.63) is 11.4 Å². The molecular weight excluding hydrogens is 210 g/mol. The first-order valence-electron chi connectivity index (χ1n) is 5.44. The first-order chi connectivity index (χ1) is 7.59. The number of carboxylic acids is 1. The second-order valence-corrected chi connectivity index (χ2v) is 4.26. The van der Waals surface area contributed by atoms with Gasteiger partial charge in [-0.25, -0.2) is 9.48 Å². The highest BCUT2D eigenvalue weighted by atomic mass is 16.4. The normalized spacial score (nSPS) is 17.4. The molecule has 0 radical (unpaired) electrons. The number of aromatic carboxylic acids is 1. The molecule has 1 fully saturated rings. The summed E-state index contributed by atoms with van der Waals surface area (Å²) < 4.78 is 1.62. The van der Waals surface area contributed by atoms with Gasteiger partial charge < -0.3 is 10.2 Å². The summed E-state index contributed by atoms with van der Waals surface area (Å²) >= 11 is 0. The van der Waals surface area contributed by atoms with Crippen molar-refractivity contribution >= 4 is 5.97 Å². The van der Waals surface area contributed by atoms with Gasteiger partial charge in [0.25, 0.3) is 0 Å². The summed E-state index contributed by atoms with van der Waals surface area (Å²) in [4.78, 5) is 10.9. The van der Waals surface area contributed by atoms with Gasteiger partial charge in [0.05, 0.1) is 11.8 Å². The van der Waals surface area contributed by atoms with Gasteiger partial charge in [-0.2, -0.15) is 0 Å². The zero-order valence-electron chi connectivity index (χ0n) is 9.13. The summed E-state index contributed by atoms with van der Waals surface area (Å²) in [5.41, 5.74) is 0.779. The molecule has 2 N–H and O–H groups in total. The minimum Gasteiger partial charge on any atom is -0.476 e. The Morgan fingerprint density at radius 2 is 2.31 bits per heavy atom. The number of aryl methyl sites for hydroxylation is 1. The molecule has 1 aliphatic rings. The van der Waals surface area contributed by atoms with Gasteiger partial charge >= 0.3 is 5.97 Å². The van der Waals surface area contributed by atoms with Crippen molar-refractivity contribution in [1.82, 2.24) is 15.0 Å². The lowest BCUT2D eigenvalue weighted by Gasteiger charge is -2.07. The third kappa shape index (κ3) is 2.21. The monoisotopic (exact) mass is 225 g/mol. The van der Waals surface area contributed by atoms with Crippen LogP contribution in [0.1, 0.15) is 48.3 Å². The van der Waals surface area contributed by atoms with Gasteiger partial charge in [0, 0.05) is 12.5 Å². The number of carboxylic acid groups (broad SMARTS) is 1. The fourth-order valence-electron chi connectivity index (χ4n) is 1.71. The molecule has 0 aliphatic heterocycles. The Morgan fingerprint density at radius 3 is 2.81 bits per heavy atom. The van der Waals surface area contributed by atoms with Gasteiger partial charge in [0.2, 0.25) is 0 Å². The largest absolute Gasteiger partial charge is 0.476 e. The lowest BCUT2D eigenvalue weighted by atomic mass is 10.2. The maximum atomic E-state index is 10.9. The number of aliphatic hydroxyl groups is 1. The predicted octanol–water partition coefficient (Wildman–Crippen LogP) is 0.625. The van der Waals surface area contributed by atoms with Crippen LogP contribution in [0.4, 0.5) is 0 Å². The fourth-order valence-corrected chi connectivity index (χ4v) is 1.71. The third-order valence-electron chi connectivity index (χ3n) is 2.70. The Morgan fingerprint density at radius 1 is 1.62 bits per heavy atom. The van der Waals surface area contributed by atoms with Crippen molar-refractivity contribution in [2.75, 3.05) is 0 Å². The minimum atomic E-state index is -1.02. The molecule has 2 rings (SSSR count). The molecule has 6 nitrogen and oxygen atoms in total. The molecule has 88 valence electrons. The van der Waals surface area contributed by atoms with E-state index >= 15 is 0 Å². The molecule has 0 saturated heterocycles. The van der Waals surface area contributed by atoms with Crippen molar-refractivity contribution in [2.45, 2.75) is 44.8 Å². The van der Waals surface area contributed by atoms with Gasteiger partial charge in [-0.3, -0.25) is 0 Å². The van der Waals surface area contributed by atoms with E-state index in [1.165, 1.54) is 0 Å². The van der Waals surface area contributed by atoms with Crippen LogP contribution in [-0.2, 0) is 6.54 Å². The third-order valence-corrected chi connectivity index (χ3v) is 2.70. The summed E-state index contributed by atoms with van der Waals surface area (Å²) in [6, 6.07) is 0. The van der Waals surface area contributed by atoms with E-state index in [-0.39, 0.29) is 11.6 Å². The summed E-state index contributed by atoms with van der Waals surface area (Å²) in [5.74, 6) is -0.736. The molecule has 1 atom stereocenters. The lowest BCUT2D eigenvalue weighted by Crippen LogP contribution is -2.11. The van der Waals surface area contributed by atoms with E-state index in [1.54, 1.807) is 11.6 Å². The topological polar surface area (TPSA) is 88.2 Å². The summed E-state index contributed by atoms with van der Waals surface area (Å²) in [6.07, 6.45) is 2.15. The van der Waals surface area contributed by atoms with Crippen LogP contribution in [0.2, 0.25) is 0 Å². The number of nitrogens with zero attached hydrogens (tertiary/aromatic N) is 3. The van der Waals surface area contributed by atoms with E-state index in [9.17, 15) is 9.90 Å². The number of aliphatic hydroxyl groups excluding tert-OH is 1. The summed E-state index contributed by atoms with van der Waals surface area (Å²) in [7, 11) is 0. The molecule has 1 aromatic rings. The van der Waals surface area contributed by atoms with Crippen molar-refractivity contribution in [3.63, 3.8) is 0 Å². The fraction of sp³-hybridized carbons (Fsp3) is 0.700. The first-order valence-corrected chi connectivity index (χ1v) is 5.44. The maximum Gasteiger partial charge on any atom is 0.358 e. The summed E-state index contributed by atoms with van der Waals surface area (Å²) in [5, 5.41) is 25.7. The quantitative estimate of drug-likeness (QED) is 0.767. The van der Waals surface area contributed by atoms with E-state index < -0.39 is 12.1 Å². The first kappa shape index (κ1) is 11.1. The Bertz CT molecular complexity index is 396. The number of hydrogen-bond acceptors (Lipinski definition) is 4. The Kier molecular flexibility index (Phi) is 2.91. The average Bonchev–Trinajstić information content (AvgIpc) is 2.95. The Labute approximate surface area is 92.9 Å². The van der Waals surface area contributed by atoms with E-state index in [0.29, 0.717) is 18.7 Å². The molecular formula is C10H15N3O3. The molecule has 0 bridgehead atoms. The van der Waals surface area contributed by atoms with Crippen LogP contribution in [0.5, 0.6) is 0 Å². The van der Waals surface area contributed by atoms with Crippen LogP contribution in [-0.4, -0.2) is 37.3 Å². The van der Waals surface area contributed by atoms with Gasteiger partial charge in [-0.05, 0) is 26.2 Å². The number of aromatic nitrogens is 3. The standard InChI is InChI=1S/C10H15N3O3/c1-6(14)4-5-13-9(7-2-3-7)8(10(15)16)11-12-13/h6-7,14H,2-5H2,1H3,(H,15,16). The van der Waals surface area contributed by atoms with E-state index in [2.05, 4.69) is 10.3 Å². The number of carbonyl (C=O) groups is 1. The maximum absolute atomic E-state index is 10.9. The average molecular weight is 225 g/mol. The zero-order valence-corrected chi connectivity index (χ0v) is 9.13. The highest BCUT2D eigenvalue weighted by Crippen LogP contribution is 2.41. The molecule has 0 aromatic carbocycles. The SMILES string of the molecule is CC(O)CCn1nnc(C(=O)O)c1C1CC1. The number of hydrogen-bond donors (Lipinski definition) is 2. The molecule has 1 heterocycles. The molecule has 1 unspecified atom stereocenters. The van der Waals surface area contributed by atoms with Crippen molar-refractivity contribution in [2.24, 2.45) is 0 Å². The van der Waals surface area contributed by atoms with E-state index in [1.807, 2.05) is 0 Å².